The molecule has 1 saturated carbocycles. The van der Waals surface area contributed by atoms with Crippen LogP contribution in [0.3, 0.4) is 0 Å². The van der Waals surface area contributed by atoms with Crippen LogP contribution in [0.25, 0.3) is 6.08 Å². The van der Waals surface area contributed by atoms with Crippen molar-refractivity contribution in [2.45, 2.75) is 38.6 Å². The van der Waals surface area contributed by atoms with Crippen LogP contribution in [-0.2, 0) is 14.4 Å². The molecule has 0 radical (unpaired) electrons. The maximum atomic E-state index is 13.1. The number of carboxylic acid groups (broad SMARTS) is 1. The van der Waals surface area contributed by atoms with E-state index in [-0.39, 0.29) is 36.7 Å². The van der Waals surface area contributed by atoms with Gasteiger partial charge in [-0.3, -0.25) is 14.4 Å². The summed E-state index contributed by atoms with van der Waals surface area (Å²) in [6, 6.07) is 7.42. The third-order valence-corrected chi connectivity index (χ3v) is 6.49. The predicted octanol–water partition coefficient (Wildman–Crippen LogP) is 2.66. The summed E-state index contributed by atoms with van der Waals surface area (Å²) < 4.78 is 0. The van der Waals surface area contributed by atoms with E-state index in [1.807, 2.05) is 30.3 Å². The van der Waals surface area contributed by atoms with E-state index >= 15 is 0 Å². The zero-order valence-electron chi connectivity index (χ0n) is 15.4. The van der Waals surface area contributed by atoms with Gasteiger partial charge in [0.15, 0.2) is 0 Å². The molecule has 6 heteroatoms. The van der Waals surface area contributed by atoms with E-state index in [0.717, 1.165) is 24.0 Å². The number of benzene rings is 1. The summed E-state index contributed by atoms with van der Waals surface area (Å²) in [5.74, 6) is -0.928. The standard InChI is InChI=1S/C21H24N2O4/c1-14(24)23-10-8-15-5-2-3-7-17(15)18(23)11-19(25)22-12-16-6-4-9-21(16,13-22)20(26)27/h2-3,5,7-8,10,16,18H,4,6,9,11-13H2,1H3,(H,26,27)/t16-,18?,21+/m0/s1. The minimum absolute atomic E-state index is 0.0430. The average molecular weight is 368 g/mol. The molecule has 1 N–H and O–H groups in total. The second-order valence-corrected chi connectivity index (χ2v) is 7.92. The van der Waals surface area contributed by atoms with Crippen LogP contribution >= 0.6 is 0 Å². The molecule has 27 heavy (non-hydrogen) atoms. The Hall–Kier alpha value is -2.63. The number of hydrogen-bond donors (Lipinski definition) is 1. The number of likely N-dealkylation sites (tertiary alicyclic amines) is 1. The Labute approximate surface area is 158 Å². The van der Waals surface area contributed by atoms with Gasteiger partial charge >= 0.3 is 5.97 Å². The van der Waals surface area contributed by atoms with E-state index in [0.29, 0.717) is 13.0 Å². The van der Waals surface area contributed by atoms with Crippen LogP contribution in [0.15, 0.2) is 30.5 Å². The van der Waals surface area contributed by atoms with Crippen molar-refractivity contribution < 1.29 is 19.5 Å². The fraction of sp³-hybridized carbons (Fsp3) is 0.476. The smallest absolute Gasteiger partial charge is 0.311 e. The molecule has 1 aromatic carbocycles. The lowest BCUT2D eigenvalue weighted by Gasteiger charge is -2.33. The first-order valence-electron chi connectivity index (χ1n) is 9.49. The summed E-state index contributed by atoms with van der Waals surface area (Å²) in [7, 11) is 0. The van der Waals surface area contributed by atoms with Crippen LogP contribution in [-0.4, -0.2) is 45.8 Å². The van der Waals surface area contributed by atoms with E-state index in [1.54, 1.807) is 16.0 Å². The molecule has 142 valence electrons. The molecule has 1 unspecified atom stereocenters. The van der Waals surface area contributed by atoms with Crippen LogP contribution < -0.4 is 0 Å². The fourth-order valence-electron chi connectivity index (χ4n) is 5.04. The van der Waals surface area contributed by atoms with E-state index < -0.39 is 11.4 Å². The van der Waals surface area contributed by atoms with Crippen molar-refractivity contribution >= 4 is 23.9 Å². The highest BCUT2D eigenvalue weighted by Gasteiger charge is 2.55. The molecule has 6 nitrogen and oxygen atoms in total. The quantitative estimate of drug-likeness (QED) is 0.890. The molecular weight excluding hydrogens is 344 g/mol. The maximum Gasteiger partial charge on any atom is 0.311 e. The first-order chi connectivity index (χ1) is 12.9. The third-order valence-electron chi connectivity index (χ3n) is 6.49. The summed E-state index contributed by atoms with van der Waals surface area (Å²) >= 11 is 0. The monoisotopic (exact) mass is 368 g/mol. The van der Waals surface area contributed by atoms with Gasteiger partial charge in [-0.15, -0.1) is 0 Å². The van der Waals surface area contributed by atoms with Crippen LogP contribution in [0.4, 0.5) is 0 Å². The van der Waals surface area contributed by atoms with Crippen molar-refractivity contribution in [2.75, 3.05) is 13.1 Å². The molecule has 4 rings (SSSR count). The summed E-state index contributed by atoms with van der Waals surface area (Å²) in [6.45, 7) is 2.29. The highest BCUT2D eigenvalue weighted by molar-refractivity contribution is 5.84. The Morgan fingerprint density at radius 3 is 2.74 bits per heavy atom. The Bertz CT molecular complexity index is 833. The SMILES string of the molecule is CC(=O)N1C=Cc2ccccc2C1CC(=O)N1C[C@@H]2CCC[C@@]2(C(=O)O)C1. The Kier molecular flexibility index (Phi) is 4.29. The number of amides is 2. The number of fused-ring (bicyclic) bond motifs is 2. The molecule has 2 aliphatic heterocycles. The first-order valence-corrected chi connectivity index (χ1v) is 9.49. The number of aliphatic carboxylic acids is 1. The van der Waals surface area contributed by atoms with Crippen molar-refractivity contribution in [3.63, 3.8) is 0 Å². The van der Waals surface area contributed by atoms with Crippen LogP contribution in [0.5, 0.6) is 0 Å². The maximum absolute atomic E-state index is 13.1. The zero-order chi connectivity index (χ0) is 19.2. The highest BCUT2D eigenvalue weighted by Crippen LogP contribution is 2.49. The molecule has 0 aromatic heterocycles. The molecule has 1 aliphatic carbocycles. The van der Waals surface area contributed by atoms with E-state index in [4.69, 9.17) is 0 Å². The minimum Gasteiger partial charge on any atom is -0.481 e. The van der Waals surface area contributed by atoms with Gasteiger partial charge in [0.25, 0.3) is 0 Å². The number of carboxylic acids is 1. The zero-order valence-corrected chi connectivity index (χ0v) is 15.4. The van der Waals surface area contributed by atoms with Crippen molar-refractivity contribution in [2.24, 2.45) is 11.3 Å². The molecule has 3 atom stereocenters. The largest absolute Gasteiger partial charge is 0.481 e. The van der Waals surface area contributed by atoms with Gasteiger partial charge in [-0.05, 0) is 36.0 Å². The molecule has 1 saturated heterocycles. The van der Waals surface area contributed by atoms with Crippen molar-refractivity contribution in [1.82, 2.24) is 9.80 Å². The molecular formula is C21H24N2O4. The summed E-state index contributed by atoms with van der Waals surface area (Å²) in [4.78, 5) is 40.3. The lowest BCUT2D eigenvalue weighted by molar-refractivity contribution is -0.149. The Balaban J connectivity index is 1.56. The van der Waals surface area contributed by atoms with Gasteiger partial charge in [-0.2, -0.15) is 0 Å². The van der Waals surface area contributed by atoms with Gasteiger partial charge in [0.05, 0.1) is 17.9 Å². The second kappa shape index (κ2) is 6.51. The predicted molar refractivity (Wildman–Crippen MR) is 99.3 cm³/mol. The topological polar surface area (TPSA) is 77.9 Å². The number of carbonyl (C=O) groups is 3. The highest BCUT2D eigenvalue weighted by atomic mass is 16.4. The Morgan fingerprint density at radius 1 is 1.26 bits per heavy atom. The van der Waals surface area contributed by atoms with Gasteiger partial charge in [-0.1, -0.05) is 30.7 Å². The molecule has 2 fully saturated rings. The van der Waals surface area contributed by atoms with Crippen molar-refractivity contribution in [1.29, 1.82) is 0 Å². The molecule has 0 bridgehead atoms. The third kappa shape index (κ3) is 2.83. The summed E-state index contributed by atoms with van der Waals surface area (Å²) in [5, 5.41) is 9.74. The summed E-state index contributed by atoms with van der Waals surface area (Å²) in [5.41, 5.74) is 1.18. The van der Waals surface area contributed by atoms with Gasteiger partial charge < -0.3 is 14.9 Å². The molecule has 0 spiro atoms. The van der Waals surface area contributed by atoms with Crippen LogP contribution in [0.2, 0.25) is 0 Å². The van der Waals surface area contributed by atoms with Crippen molar-refractivity contribution in [3.8, 4) is 0 Å². The van der Waals surface area contributed by atoms with E-state index in [9.17, 15) is 19.5 Å². The van der Waals surface area contributed by atoms with E-state index in [2.05, 4.69) is 0 Å². The summed E-state index contributed by atoms with van der Waals surface area (Å²) in [6.07, 6.45) is 6.22. The normalized spacial score (nSPS) is 28.8. The fourth-order valence-corrected chi connectivity index (χ4v) is 5.04. The van der Waals surface area contributed by atoms with Crippen LogP contribution in [0.1, 0.15) is 49.8 Å². The molecule has 2 heterocycles. The number of rotatable bonds is 3. The molecule has 3 aliphatic rings. The van der Waals surface area contributed by atoms with E-state index in [1.165, 1.54) is 6.92 Å². The van der Waals surface area contributed by atoms with Gasteiger partial charge in [-0.25, -0.2) is 0 Å². The van der Waals surface area contributed by atoms with Gasteiger partial charge in [0, 0.05) is 26.2 Å². The van der Waals surface area contributed by atoms with Gasteiger partial charge in [0.2, 0.25) is 11.8 Å². The molecule has 2 amide bonds. The number of nitrogens with zero attached hydrogens (tertiary/aromatic N) is 2. The lowest BCUT2D eigenvalue weighted by atomic mass is 9.81. The van der Waals surface area contributed by atoms with Crippen molar-refractivity contribution in [3.05, 3.63) is 41.6 Å². The lowest BCUT2D eigenvalue weighted by Crippen LogP contribution is -2.39. The van der Waals surface area contributed by atoms with Gasteiger partial charge in [0.1, 0.15) is 0 Å². The minimum atomic E-state index is -0.781. The average Bonchev–Trinajstić information content (AvgIpc) is 3.20. The first kappa shape index (κ1) is 17.8. The molecule has 1 aromatic rings. The second-order valence-electron chi connectivity index (χ2n) is 7.92. The number of hydrogen-bond acceptors (Lipinski definition) is 3. The Morgan fingerprint density at radius 2 is 2.04 bits per heavy atom. The number of carbonyl (C=O) groups excluding carboxylic acids is 2. The van der Waals surface area contributed by atoms with Crippen LogP contribution in [0, 0.1) is 11.3 Å².